The smallest absolute Gasteiger partial charge is 0.265 e. The summed E-state index contributed by atoms with van der Waals surface area (Å²) in [6.07, 6.45) is 4.41. The van der Waals surface area contributed by atoms with Gasteiger partial charge in [0.05, 0.1) is 4.90 Å². The van der Waals surface area contributed by atoms with Gasteiger partial charge in [-0.25, -0.2) is 8.42 Å². The standard InChI is InChI=1S/C16H18Cl2N2O3S/c17-16(18)13-7-12(5-6-14(13)19-15(16)21)24(22,23)20-8-10-1-2-11(9-20)4-3-10/h5-7,10-11H,1-4,8-9H2,(H,19,21). The minimum absolute atomic E-state index is 0.143. The number of hydrogen-bond donors (Lipinski definition) is 1. The predicted molar refractivity (Wildman–Crippen MR) is 92.7 cm³/mol. The van der Waals surface area contributed by atoms with Crippen LogP contribution < -0.4 is 5.32 Å². The zero-order valence-electron chi connectivity index (χ0n) is 13.0. The van der Waals surface area contributed by atoms with Crippen LogP contribution in [0.25, 0.3) is 0 Å². The molecule has 5 rings (SSSR count). The first-order valence-electron chi connectivity index (χ1n) is 8.12. The van der Waals surface area contributed by atoms with Crippen molar-refractivity contribution in [3.8, 4) is 0 Å². The minimum Gasteiger partial charge on any atom is -0.323 e. The van der Waals surface area contributed by atoms with Crippen molar-refractivity contribution in [2.75, 3.05) is 18.4 Å². The molecule has 3 aliphatic heterocycles. The summed E-state index contributed by atoms with van der Waals surface area (Å²) in [5.41, 5.74) is 0.759. The van der Waals surface area contributed by atoms with Crippen molar-refractivity contribution in [3.63, 3.8) is 0 Å². The number of anilines is 1. The maximum absolute atomic E-state index is 13.1. The molecule has 0 radical (unpaired) electrons. The molecule has 0 spiro atoms. The highest BCUT2D eigenvalue weighted by atomic mass is 35.5. The molecule has 1 amide bonds. The van der Waals surface area contributed by atoms with Crippen LogP contribution >= 0.6 is 23.2 Å². The number of carbonyl (C=O) groups excluding carboxylic acids is 1. The summed E-state index contributed by atoms with van der Waals surface area (Å²) in [5.74, 6) is 0.330. The molecule has 5 nitrogen and oxygen atoms in total. The van der Waals surface area contributed by atoms with Gasteiger partial charge in [-0.2, -0.15) is 4.31 Å². The highest BCUT2D eigenvalue weighted by Crippen LogP contribution is 2.45. The number of benzene rings is 1. The highest BCUT2D eigenvalue weighted by molar-refractivity contribution is 7.89. The van der Waals surface area contributed by atoms with Crippen molar-refractivity contribution < 1.29 is 13.2 Å². The lowest BCUT2D eigenvalue weighted by Crippen LogP contribution is -2.34. The Hall–Kier alpha value is -0.820. The first kappa shape index (κ1) is 16.6. The molecule has 1 aliphatic carbocycles. The number of amides is 1. The second-order valence-corrected chi connectivity index (χ2v) is 10.2. The van der Waals surface area contributed by atoms with E-state index < -0.39 is 20.3 Å². The molecule has 2 saturated heterocycles. The van der Waals surface area contributed by atoms with Crippen LogP contribution in [0.15, 0.2) is 23.1 Å². The normalized spacial score (nSPS) is 29.2. The van der Waals surface area contributed by atoms with Crippen molar-refractivity contribution in [1.29, 1.82) is 0 Å². The van der Waals surface area contributed by atoms with Crippen molar-refractivity contribution in [3.05, 3.63) is 23.8 Å². The molecule has 3 heterocycles. The van der Waals surface area contributed by atoms with E-state index in [0.717, 1.165) is 25.7 Å². The Morgan fingerprint density at radius 1 is 1.08 bits per heavy atom. The Balaban J connectivity index is 1.71. The largest absolute Gasteiger partial charge is 0.323 e. The van der Waals surface area contributed by atoms with Gasteiger partial charge < -0.3 is 5.32 Å². The molecule has 2 bridgehead atoms. The quantitative estimate of drug-likeness (QED) is 0.791. The summed E-state index contributed by atoms with van der Waals surface area (Å²) >= 11 is 12.2. The molecule has 1 aromatic carbocycles. The van der Waals surface area contributed by atoms with E-state index in [1.807, 2.05) is 0 Å². The molecule has 1 aromatic rings. The molecule has 0 unspecified atom stereocenters. The fourth-order valence-electron chi connectivity index (χ4n) is 3.97. The van der Waals surface area contributed by atoms with Crippen molar-refractivity contribution in [2.45, 2.75) is 34.9 Å². The lowest BCUT2D eigenvalue weighted by molar-refractivity contribution is -0.116. The van der Waals surface area contributed by atoms with Crippen LogP contribution in [0.4, 0.5) is 5.69 Å². The molecule has 0 atom stereocenters. The van der Waals surface area contributed by atoms with Gasteiger partial charge in [-0.3, -0.25) is 4.79 Å². The number of nitrogens with one attached hydrogen (secondary N) is 1. The van der Waals surface area contributed by atoms with Gasteiger partial charge in [0, 0.05) is 24.3 Å². The van der Waals surface area contributed by atoms with Gasteiger partial charge in [-0.1, -0.05) is 23.2 Å². The first-order valence-corrected chi connectivity index (χ1v) is 10.3. The van der Waals surface area contributed by atoms with Crippen molar-refractivity contribution >= 4 is 44.8 Å². The van der Waals surface area contributed by atoms with Gasteiger partial charge in [0.15, 0.2) is 0 Å². The second kappa shape index (κ2) is 5.59. The third-order valence-electron chi connectivity index (χ3n) is 5.39. The van der Waals surface area contributed by atoms with Crippen LogP contribution in [0.1, 0.15) is 31.2 Å². The van der Waals surface area contributed by atoms with Gasteiger partial charge in [0.1, 0.15) is 0 Å². The molecule has 0 aromatic heterocycles. The molecule has 3 fully saturated rings. The number of hydrogen-bond acceptors (Lipinski definition) is 3. The molecular formula is C16H18Cl2N2O3S. The molecular weight excluding hydrogens is 371 g/mol. The molecule has 1 N–H and O–H groups in total. The van der Waals surface area contributed by atoms with Gasteiger partial charge in [-0.05, 0) is 55.7 Å². The average Bonchev–Trinajstić information content (AvgIpc) is 2.77. The van der Waals surface area contributed by atoms with Crippen LogP contribution in [-0.4, -0.2) is 31.7 Å². The van der Waals surface area contributed by atoms with E-state index in [1.165, 1.54) is 12.1 Å². The summed E-state index contributed by atoms with van der Waals surface area (Å²) in [6, 6.07) is 4.49. The van der Waals surface area contributed by atoms with Crippen molar-refractivity contribution in [2.24, 2.45) is 11.8 Å². The third-order valence-corrected chi connectivity index (χ3v) is 7.97. The lowest BCUT2D eigenvalue weighted by atomic mass is 9.84. The SMILES string of the molecule is O=C1Nc2ccc(S(=O)(=O)N3CC4CCC(CC4)C3)cc2C1(Cl)Cl. The maximum atomic E-state index is 13.1. The maximum Gasteiger partial charge on any atom is 0.265 e. The fraction of sp³-hybridized carbons (Fsp3) is 0.562. The van der Waals surface area contributed by atoms with E-state index in [4.69, 9.17) is 23.2 Å². The van der Waals surface area contributed by atoms with Crippen molar-refractivity contribution in [1.82, 2.24) is 4.31 Å². The van der Waals surface area contributed by atoms with Crippen LogP contribution in [0.3, 0.4) is 0 Å². The second-order valence-electron chi connectivity index (χ2n) is 6.94. The van der Waals surface area contributed by atoms with E-state index in [2.05, 4.69) is 5.32 Å². The number of alkyl halides is 2. The van der Waals surface area contributed by atoms with Gasteiger partial charge in [0.2, 0.25) is 14.4 Å². The van der Waals surface area contributed by atoms with E-state index in [0.29, 0.717) is 36.2 Å². The van der Waals surface area contributed by atoms with E-state index in [1.54, 1.807) is 10.4 Å². The molecule has 24 heavy (non-hydrogen) atoms. The Bertz CT molecular complexity index is 788. The minimum atomic E-state index is -3.62. The topological polar surface area (TPSA) is 66.5 Å². The summed E-state index contributed by atoms with van der Waals surface area (Å²) < 4.78 is 26.0. The van der Waals surface area contributed by atoms with E-state index in [9.17, 15) is 13.2 Å². The lowest BCUT2D eigenvalue weighted by Gasteiger charge is -2.22. The molecule has 1 saturated carbocycles. The van der Waals surface area contributed by atoms with Gasteiger partial charge >= 0.3 is 0 Å². The zero-order chi connectivity index (χ0) is 17.1. The fourth-order valence-corrected chi connectivity index (χ4v) is 5.99. The van der Waals surface area contributed by atoms with Crippen LogP contribution in [0, 0.1) is 11.8 Å². The summed E-state index contributed by atoms with van der Waals surface area (Å²) in [7, 11) is -3.62. The monoisotopic (exact) mass is 388 g/mol. The van der Waals surface area contributed by atoms with Gasteiger partial charge in [-0.15, -0.1) is 0 Å². The number of fused-ring (bicyclic) bond motifs is 5. The zero-order valence-corrected chi connectivity index (χ0v) is 15.3. The van der Waals surface area contributed by atoms with Crippen LogP contribution in [-0.2, 0) is 19.2 Å². The third kappa shape index (κ3) is 2.55. The Kier molecular flexibility index (Phi) is 3.88. The van der Waals surface area contributed by atoms with Crippen LogP contribution in [0.2, 0.25) is 0 Å². The number of carbonyl (C=O) groups is 1. The summed E-state index contributed by atoms with van der Waals surface area (Å²) in [5, 5.41) is 2.57. The van der Waals surface area contributed by atoms with E-state index >= 15 is 0 Å². The predicted octanol–water partition coefficient (Wildman–Crippen LogP) is 3.08. The Morgan fingerprint density at radius 2 is 1.67 bits per heavy atom. The number of nitrogens with zero attached hydrogens (tertiary/aromatic N) is 1. The molecule has 130 valence electrons. The molecule has 8 heteroatoms. The van der Waals surface area contributed by atoms with Gasteiger partial charge in [0.25, 0.3) is 5.91 Å². The Morgan fingerprint density at radius 3 is 2.25 bits per heavy atom. The number of rotatable bonds is 2. The summed E-state index contributed by atoms with van der Waals surface area (Å²) in [6.45, 7) is 1.14. The first-order chi connectivity index (χ1) is 11.3. The molecule has 4 aliphatic rings. The average molecular weight is 389 g/mol. The number of halogens is 2. The van der Waals surface area contributed by atoms with Crippen LogP contribution in [0.5, 0.6) is 0 Å². The highest BCUT2D eigenvalue weighted by Gasteiger charge is 2.45. The summed E-state index contributed by atoms with van der Waals surface area (Å²) in [4.78, 5) is 12.0. The Labute approximate surface area is 151 Å². The van der Waals surface area contributed by atoms with E-state index in [-0.39, 0.29) is 4.90 Å². The number of sulfonamides is 1.